The molecule has 6 aromatic carbocycles. The number of carbonyl (C=O) groups excluding carboxylic acids is 3. The number of halogens is 3. The van der Waals surface area contributed by atoms with Crippen molar-refractivity contribution in [2.75, 3.05) is 10.2 Å². The maximum Gasteiger partial charge on any atom is 0.309 e. The van der Waals surface area contributed by atoms with Gasteiger partial charge in [0.25, 0.3) is 5.91 Å². The Bertz CT molecular complexity index is 2890. The predicted molar refractivity (Wildman–Crippen MR) is 262 cm³/mol. The van der Waals surface area contributed by atoms with Crippen molar-refractivity contribution >= 4 is 29.2 Å². The maximum atomic E-state index is 14.5. The minimum absolute atomic E-state index is 0.0473. The van der Waals surface area contributed by atoms with Crippen LogP contribution in [0.2, 0.25) is 0 Å². The molecule has 13 heteroatoms. The van der Waals surface area contributed by atoms with E-state index in [0.29, 0.717) is 45.0 Å². The first-order chi connectivity index (χ1) is 33.7. The minimum atomic E-state index is -1.33. The number of hydrogen-bond donors (Lipinski definition) is 4. The SMILES string of the molecule is CC(C)c1c(C(=O)Nc2ccccc2)c(-c2ccccc2)c(-c2ccc(F)cc2)n1CC[C@@H](O)C[C@@H](O)CC(=O)OC(CCC1C(=O)N(c2ccc(F)cc2)[C@@H]1c1ccc(O)cc1)c1ccc(F)cc1. The van der Waals surface area contributed by atoms with E-state index in [4.69, 9.17) is 4.74 Å². The molecule has 1 fully saturated rings. The summed E-state index contributed by atoms with van der Waals surface area (Å²) in [6.07, 6.45) is -3.56. The topological polar surface area (TPSA) is 141 Å². The number of benzene rings is 6. The van der Waals surface area contributed by atoms with E-state index in [1.165, 1.54) is 72.8 Å². The first kappa shape index (κ1) is 49.0. The van der Waals surface area contributed by atoms with E-state index in [-0.39, 0.29) is 55.7 Å². The van der Waals surface area contributed by atoms with Gasteiger partial charge in [0.1, 0.15) is 29.3 Å². The zero-order valence-electron chi connectivity index (χ0n) is 38.7. The van der Waals surface area contributed by atoms with Crippen LogP contribution in [-0.2, 0) is 20.9 Å². The van der Waals surface area contributed by atoms with Crippen LogP contribution >= 0.6 is 0 Å². The third-order valence-electron chi connectivity index (χ3n) is 12.7. The lowest BCUT2D eigenvalue weighted by atomic mass is 9.78. The van der Waals surface area contributed by atoms with Gasteiger partial charge in [0.2, 0.25) is 5.91 Å². The number of nitrogens with zero attached hydrogens (tertiary/aromatic N) is 2. The van der Waals surface area contributed by atoms with Crippen LogP contribution in [0, 0.1) is 23.4 Å². The van der Waals surface area contributed by atoms with E-state index in [0.717, 1.165) is 11.1 Å². The molecule has 8 rings (SSSR count). The third kappa shape index (κ3) is 11.2. The van der Waals surface area contributed by atoms with Crippen LogP contribution < -0.4 is 10.2 Å². The van der Waals surface area contributed by atoms with Crippen molar-refractivity contribution in [2.45, 2.75) is 82.8 Å². The van der Waals surface area contributed by atoms with Gasteiger partial charge in [-0.25, -0.2) is 13.2 Å². The van der Waals surface area contributed by atoms with Crippen LogP contribution in [0.1, 0.15) is 91.2 Å². The molecule has 0 saturated carbocycles. The van der Waals surface area contributed by atoms with E-state index in [1.807, 2.05) is 66.9 Å². The number of aliphatic hydroxyl groups excluding tert-OH is 2. The highest BCUT2D eigenvalue weighted by Gasteiger charge is 2.48. The molecule has 2 heterocycles. The van der Waals surface area contributed by atoms with Crippen LogP contribution in [0.4, 0.5) is 24.5 Å². The summed E-state index contributed by atoms with van der Waals surface area (Å²) < 4.78 is 50.3. The molecule has 1 aromatic heterocycles. The van der Waals surface area contributed by atoms with Gasteiger partial charge in [-0.1, -0.05) is 86.6 Å². The molecular weight excluding hydrogens is 896 g/mol. The standard InChI is InChI=1S/C57H54F3N3O7/c1-35(2)53-52(56(68)61-43-11-7-4-8-12-43)51(37-9-5-3-6-10-37)55(39-15-21-41(59)22-16-39)62(53)32-31-46(65)33-47(66)34-50(67)70-49(36-13-19-40(58)20-14-36)30-29-48-54(38-17-27-45(64)28-18-38)63(57(48)69)44-25-23-42(60)24-26-44/h3-28,35,46-49,54,64-66H,29-34H2,1-2H3,(H,61,68)/t46-,47-,48?,49?,54-/m1/s1. The number of ether oxygens (including phenoxy) is 1. The van der Waals surface area contributed by atoms with Crippen molar-refractivity contribution in [1.82, 2.24) is 4.57 Å². The fourth-order valence-electron chi connectivity index (χ4n) is 9.48. The summed E-state index contributed by atoms with van der Waals surface area (Å²) in [6, 6.07) is 41.6. The molecule has 0 aliphatic carbocycles. The fourth-order valence-corrected chi connectivity index (χ4v) is 9.48. The van der Waals surface area contributed by atoms with Gasteiger partial charge in [-0.2, -0.15) is 0 Å². The van der Waals surface area contributed by atoms with Gasteiger partial charge in [-0.05, 0) is 139 Å². The van der Waals surface area contributed by atoms with Crippen molar-refractivity contribution in [3.63, 3.8) is 0 Å². The Kier molecular flexibility index (Phi) is 15.3. The zero-order chi connectivity index (χ0) is 49.5. The normalized spacial score (nSPS) is 15.8. The van der Waals surface area contributed by atoms with Crippen molar-refractivity contribution in [1.29, 1.82) is 0 Å². The van der Waals surface area contributed by atoms with E-state index in [9.17, 15) is 42.9 Å². The summed E-state index contributed by atoms with van der Waals surface area (Å²) >= 11 is 0. The Morgan fingerprint density at radius 2 is 1.29 bits per heavy atom. The second-order valence-corrected chi connectivity index (χ2v) is 18.0. The molecule has 5 atom stereocenters. The van der Waals surface area contributed by atoms with Crippen molar-refractivity contribution < 1.29 is 47.6 Å². The van der Waals surface area contributed by atoms with Gasteiger partial charge in [0, 0.05) is 29.2 Å². The average molecular weight is 950 g/mol. The monoisotopic (exact) mass is 949 g/mol. The number of aromatic nitrogens is 1. The maximum absolute atomic E-state index is 14.5. The molecule has 10 nitrogen and oxygen atoms in total. The molecular formula is C57H54F3N3O7. The molecule has 1 aliphatic heterocycles. The first-order valence-electron chi connectivity index (χ1n) is 23.4. The highest BCUT2D eigenvalue weighted by Crippen LogP contribution is 2.47. The van der Waals surface area contributed by atoms with Crippen LogP contribution in [0.5, 0.6) is 5.75 Å². The van der Waals surface area contributed by atoms with Crippen molar-refractivity contribution in [3.8, 4) is 28.1 Å². The number of amides is 2. The van der Waals surface area contributed by atoms with Crippen LogP contribution in [-0.4, -0.2) is 49.9 Å². The molecule has 1 saturated heterocycles. The number of hydrogen-bond acceptors (Lipinski definition) is 7. The quantitative estimate of drug-likeness (QED) is 0.0467. The van der Waals surface area contributed by atoms with Crippen LogP contribution in [0.15, 0.2) is 158 Å². The lowest BCUT2D eigenvalue weighted by molar-refractivity contribution is -0.152. The lowest BCUT2D eigenvalue weighted by Crippen LogP contribution is -2.55. The minimum Gasteiger partial charge on any atom is -0.508 e. The number of anilines is 2. The van der Waals surface area contributed by atoms with Crippen LogP contribution in [0.25, 0.3) is 22.4 Å². The number of rotatable bonds is 19. The molecule has 0 spiro atoms. The number of para-hydroxylation sites is 1. The van der Waals surface area contributed by atoms with E-state index >= 15 is 0 Å². The molecule has 1 aliphatic rings. The Morgan fingerprint density at radius 3 is 1.90 bits per heavy atom. The molecule has 360 valence electrons. The summed E-state index contributed by atoms with van der Waals surface area (Å²) in [7, 11) is 0. The van der Waals surface area contributed by atoms with E-state index in [2.05, 4.69) is 5.32 Å². The van der Waals surface area contributed by atoms with Gasteiger partial charge in [-0.3, -0.25) is 14.4 Å². The van der Waals surface area contributed by atoms with Gasteiger partial charge >= 0.3 is 5.97 Å². The largest absolute Gasteiger partial charge is 0.508 e. The number of phenolic OH excluding ortho intramolecular Hbond substituents is 1. The lowest BCUT2D eigenvalue weighted by Gasteiger charge is -2.48. The number of nitrogens with one attached hydrogen (secondary N) is 1. The van der Waals surface area contributed by atoms with Crippen molar-refractivity contribution in [3.05, 3.63) is 198 Å². The molecule has 0 bridgehead atoms. The average Bonchev–Trinajstić information content (AvgIpc) is 3.70. The van der Waals surface area contributed by atoms with E-state index < -0.39 is 60.1 Å². The summed E-state index contributed by atoms with van der Waals surface area (Å²) in [4.78, 5) is 43.4. The Hall–Kier alpha value is -7.48. The Morgan fingerprint density at radius 1 is 0.700 bits per heavy atom. The predicted octanol–water partition coefficient (Wildman–Crippen LogP) is 11.7. The fraction of sp³-hybridized carbons (Fsp3) is 0.246. The molecule has 2 unspecified atom stereocenters. The van der Waals surface area contributed by atoms with Gasteiger partial charge in [0.05, 0.1) is 41.8 Å². The summed E-state index contributed by atoms with van der Waals surface area (Å²) in [6.45, 7) is 4.13. The summed E-state index contributed by atoms with van der Waals surface area (Å²) in [5.41, 5.74) is 6.13. The number of β-lactam (4-membered cyclic amide) rings is 1. The van der Waals surface area contributed by atoms with Crippen LogP contribution in [0.3, 0.4) is 0 Å². The number of carbonyl (C=O) groups is 3. The molecule has 0 radical (unpaired) electrons. The highest BCUT2D eigenvalue weighted by atomic mass is 19.1. The summed E-state index contributed by atoms with van der Waals surface area (Å²) in [5, 5.41) is 35.8. The third-order valence-corrected chi connectivity index (χ3v) is 12.7. The highest BCUT2D eigenvalue weighted by molar-refractivity contribution is 6.12. The Labute approximate surface area is 404 Å². The van der Waals surface area contributed by atoms with Gasteiger partial charge < -0.3 is 34.8 Å². The summed E-state index contributed by atoms with van der Waals surface area (Å²) in [5.74, 6) is -3.46. The molecule has 70 heavy (non-hydrogen) atoms. The smallest absolute Gasteiger partial charge is 0.309 e. The second-order valence-electron chi connectivity index (χ2n) is 18.0. The number of aromatic hydroxyl groups is 1. The van der Waals surface area contributed by atoms with Crippen molar-refractivity contribution in [2.24, 2.45) is 5.92 Å². The molecule has 4 N–H and O–H groups in total. The first-order valence-corrected chi connectivity index (χ1v) is 23.4. The number of esters is 1. The van der Waals surface area contributed by atoms with E-state index in [1.54, 1.807) is 41.3 Å². The van der Waals surface area contributed by atoms with Gasteiger partial charge in [-0.15, -0.1) is 0 Å². The molecule has 7 aromatic rings. The van der Waals surface area contributed by atoms with Gasteiger partial charge in [0.15, 0.2) is 0 Å². The second kappa shape index (κ2) is 21.9. The number of aliphatic hydroxyl groups is 2. The molecule has 2 amide bonds. The zero-order valence-corrected chi connectivity index (χ0v) is 38.7. The number of phenols is 1. The Balaban J connectivity index is 0.991.